The molecular formula is C24H24N3O4+. The zero-order valence-electron chi connectivity index (χ0n) is 17.2. The summed E-state index contributed by atoms with van der Waals surface area (Å²) in [5.41, 5.74) is 2.64. The highest BCUT2D eigenvalue weighted by Gasteiger charge is 2.18. The van der Waals surface area contributed by atoms with Crippen molar-refractivity contribution in [2.75, 3.05) is 31.0 Å². The molecule has 0 spiro atoms. The molecule has 3 aromatic carbocycles. The Kier molecular flexibility index (Phi) is 6.14. The summed E-state index contributed by atoms with van der Waals surface area (Å²) in [6.07, 6.45) is 0. The smallest absolute Gasteiger partial charge is 0.279 e. The number of benzene rings is 3. The van der Waals surface area contributed by atoms with E-state index in [1.165, 1.54) is 0 Å². The number of hydrogen-bond acceptors (Lipinski definition) is 4. The third kappa shape index (κ3) is 5.21. The van der Waals surface area contributed by atoms with Gasteiger partial charge in [-0.2, -0.15) is 0 Å². The first-order valence-corrected chi connectivity index (χ1v) is 10.0. The van der Waals surface area contributed by atoms with Gasteiger partial charge in [-0.1, -0.05) is 30.3 Å². The number of amides is 2. The van der Waals surface area contributed by atoms with Crippen LogP contribution in [0.3, 0.4) is 0 Å². The van der Waals surface area contributed by atoms with Crippen molar-refractivity contribution in [1.82, 2.24) is 0 Å². The molecule has 2 amide bonds. The Morgan fingerprint density at radius 2 is 1.65 bits per heavy atom. The van der Waals surface area contributed by atoms with Gasteiger partial charge in [0.05, 0.1) is 18.3 Å². The standard InChI is InChI=1S/C24H23N3O4/c1-27(14-17-11-12-21-22(13-17)31-16-30-21)15-23(28)26-20-10-6-5-9-19(20)24(29)25-18-7-3-2-4-8-18/h2-13H,14-16H2,1H3,(H,25,29)(H,26,28)/p+1. The third-order valence-electron chi connectivity index (χ3n) is 4.88. The molecular weight excluding hydrogens is 394 g/mol. The normalized spacial score (nSPS) is 12.8. The van der Waals surface area contributed by atoms with Gasteiger partial charge < -0.3 is 25.0 Å². The fourth-order valence-corrected chi connectivity index (χ4v) is 3.44. The number of nitrogens with one attached hydrogen (secondary N) is 3. The predicted molar refractivity (Wildman–Crippen MR) is 117 cm³/mol. The Morgan fingerprint density at radius 3 is 2.48 bits per heavy atom. The number of anilines is 2. The molecule has 0 radical (unpaired) electrons. The van der Waals surface area contributed by atoms with Crippen LogP contribution >= 0.6 is 0 Å². The fourth-order valence-electron chi connectivity index (χ4n) is 3.44. The SMILES string of the molecule is C[NH+](CC(=O)Nc1ccccc1C(=O)Nc1ccccc1)Cc1ccc2c(c1)OCO2. The molecule has 3 N–H and O–H groups in total. The van der Waals surface area contributed by atoms with Crippen molar-refractivity contribution in [3.8, 4) is 11.5 Å². The van der Waals surface area contributed by atoms with Crippen molar-refractivity contribution >= 4 is 23.2 Å². The molecule has 7 heteroatoms. The van der Waals surface area contributed by atoms with Crippen LogP contribution in [0.15, 0.2) is 72.8 Å². The maximum absolute atomic E-state index is 12.7. The van der Waals surface area contributed by atoms with E-state index in [9.17, 15) is 9.59 Å². The van der Waals surface area contributed by atoms with Gasteiger partial charge in [-0.25, -0.2) is 0 Å². The molecule has 31 heavy (non-hydrogen) atoms. The molecule has 4 rings (SSSR count). The van der Waals surface area contributed by atoms with Crippen LogP contribution in [-0.4, -0.2) is 32.2 Å². The lowest BCUT2D eigenvalue weighted by atomic mass is 10.1. The Balaban J connectivity index is 1.36. The van der Waals surface area contributed by atoms with Gasteiger partial charge in [0, 0.05) is 11.3 Å². The summed E-state index contributed by atoms with van der Waals surface area (Å²) in [5.74, 6) is 1.03. The molecule has 0 saturated carbocycles. The fraction of sp³-hybridized carbons (Fsp3) is 0.167. The number of ether oxygens (including phenoxy) is 2. The molecule has 0 aromatic heterocycles. The molecule has 0 fully saturated rings. The van der Waals surface area contributed by atoms with E-state index in [1.807, 2.05) is 55.6 Å². The van der Waals surface area contributed by atoms with Crippen molar-refractivity contribution < 1.29 is 24.0 Å². The minimum Gasteiger partial charge on any atom is -0.454 e. The van der Waals surface area contributed by atoms with Gasteiger partial charge in [-0.3, -0.25) is 9.59 Å². The average molecular weight is 418 g/mol. The van der Waals surface area contributed by atoms with E-state index in [1.54, 1.807) is 24.3 Å². The number of para-hydroxylation sites is 2. The van der Waals surface area contributed by atoms with Gasteiger partial charge in [-0.15, -0.1) is 0 Å². The number of carbonyl (C=O) groups is 2. The lowest BCUT2D eigenvalue weighted by Crippen LogP contribution is -3.08. The van der Waals surface area contributed by atoms with Gasteiger partial charge >= 0.3 is 0 Å². The number of fused-ring (bicyclic) bond motifs is 1. The monoisotopic (exact) mass is 418 g/mol. The molecule has 1 aliphatic rings. The summed E-state index contributed by atoms with van der Waals surface area (Å²) in [4.78, 5) is 26.3. The molecule has 0 aliphatic carbocycles. The van der Waals surface area contributed by atoms with Crippen LogP contribution in [-0.2, 0) is 11.3 Å². The average Bonchev–Trinajstić information content (AvgIpc) is 3.22. The van der Waals surface area contributed by atoms with Crippen LogP contribution in [0.2, 0.25) is 0 Å². The highest BCUT2D eigenvalue weighted by molar-refractivity contribution is 6.10. The van der Waals surface area contributed by atoms with Gasteiger partial charge in [0.25, 0.3) is 11.8 Å². The number of quaternary nitrogens is 1. The van der Waals surface area contributed by atoms with Crippen molar-refractivity contribution in [2.45, 2.75) is 6.54 Å². The topological polar surface area (TPSA) is 81.1 Å². The van der Waals surface area contributed by atoms with Gasteiger partial charge in [-0.05, 0) is 42.5 Å². The molecule has 158 valence electrons. The molecule has 1 aliphatic heterocycles. The second kappa shape index (κ2) is 9.32. The second-order valence-electron chi connectivity index (χ2n) is 7.41. The van der Waals surface area contributed by atoms with E-state index in [0.29, 0.717) is 23.5 Å². The Labute approximate surface area is 180 Å². The van der Waals surface area contributed by atoms with Crippen LogP contribution < -0.4 is 25.0 Å². The van der Waals surface area contributed by atoms with Crippen molar-refractivity contribution in [3.63, 3.8) is 0 Å². The number of likely N-dealkylation sites (N-methyl/N-ethyl adjacent to an activating group) is 1. The van der Waals surface area contributed by atoms with Crippen molar-refractivity contribution in [1.29, 1.82) is 0 Å². The molecule has 1 unspecified atom stereocenters. The summed E-state index contributed by atoms with van der Waals surface area (Å²) >= 11 is 0. The maximum atomic E-state index is 12.7. The van der Waals surface area contributed by atoms with Crippen molar-refractivity contribution in [3.05, 3.63) is 83.9 Å². The van der Waals surface area contributed by atoms with E-state index in [4.69, 9.17) is 9.47 Å². The summed E-state index contributed by atoms with van der Waals surface area (Å²) < 4.78 is 10.7. The van der Waals surface area contributed by atoms with Gasteiger partial charge in [0.15, 0.2) is 18.0 Å². The lowest BCUT2D eigenvalue weighted by molar-refractivity contribution is -0.885. The minimum atomic E-state index is -0.275. The maximum Gasteiger partial charge on any atom is 0.279 e. The molecule has 3 aromatic rings. The highest BCUT2D eigenvalue weighted by Crippen LogP contribution is 2.32. The van der Waals surface area contributed by atoms with E-state index in [-0.39, 0.29) is 25.2 Å². The Hall–Kier alpha value is -3.84. The van der Waals surface area contributed by atoms with Gasteiger partial charge in [0.2, 0.25) is 6.79 Å². The zero-order valence-corrected chi connectivity index (χ0v) is 17.2. The molecule has 7 nitrogen and oxygen atoms in total. The molecule has 0 saturated heterocycles. The molecule has 0 bridgehead atoms. The number of carbonyl (C=O) groups excluding carboxylic acids is 2. The van der Waals surface area contributed by atoms with Crippen LogP contribution in [0.5, 0.6) is 11.5 Å². The van der Waals surface area contributed by atoms with Crippen LogP contribution in [0.1, 0.15) is 15.9 Å². The highest BCUT2D eigenvalue weighted by atomic mass is 16.7. The summed E-state index contributed by atoms with van der Waals surface area (Å²) in [7, 11) is 1.94. The van der Waals surface area contributed by atoms with E-state index < -0.39 is 0 Å². The lowest BCUT2D eigenvalue weighted by Gasteiger charge is -2.15. The van der Waals surface area contributed by atoms with Crippen LogP contribution in [0.25, 0.3) is 0 Å². The third-order valence-corrected chi connectivity index (χ3v) is 4.88. The quantitative estimate of drug-likeness (QED) is 0.550. The Morgan fingerprint density at radius 1 is 0.903 bits per heavy atom. The molecule has 1 atom stereocenters. The first-order valence-electron chi connectivity index (χ1n) is 10.0. The first kappa shape index (κ1) is 20.4. The summed E-state index contributed by atoms with van der Waals surface area (Å²) in [6, 6.07) is 22.0. The largest absolute Gasteiger partial charge is 0.454 e. The minimum absolute atomic E-state index is 0.168. The first-order chi connectivity index (χ1) is 15.1. The van der Waals surface area contributed by atoms with E-state index >= 15 is 0 Å². The summed E-state index contributed by atoms with van der Waals surface area (Å²) in [5, 5.41) is 5.72. The number of hydrogen-bond donors (Lipinski definition) is 3. The Bertz CT molecular complexity index is 1090. The van der Waals surface area contributed by atoms with Crippen LogP contribution in [0, 0.1) is 0 Å². The molecule has 1 heterocycles. The number of rotatable bonds is 7. The van der Waals surface area contributed by atoms with Crippen molar-refractivity contribution in [2.24, 2.45) is 0 Å². The second-order valence-corrected chi connectivity index (χ2v) is 7.41. The summed E-state index contributed by atoms with van der Waals surface area (Å²) in [6.45, 7) is 1.14. The van der Waals surface area contributed by atoms with E-state index in [2.05, 4.69) is 10.6 Å². The zero-order chi connectivity index (χ0) is 21.6. The predicted octanol–water partition coefficient (Wildman–Crippen LogP) is 2.32. The van der Waals surface area contributed by atoms with Gasteiger partial charge in [0.1, 0.15) is 6.54 Å². The van der Waals surface area contributed by atoms with Crippen LogP contribution in [0.4, 0.5) is 11.4 Å². The van der Waals surface area contributed by atoms with E-state index in [0.717, 1.165) is 22.0 Å².